The van der Waals surface area contributed by atoms with Gasteiger partial charge in [-0.25, -0.2) is 5.26 Å². The number of hydrogen-bond donors (Lipinski definition) is 0. The van der Waals surface area contributed by atoms with Gasteiger partial charge in [-0.1, -0.05) is 5.40 Å². The van der Waals surface area contributed by atoms with Gasteiger partial charge >= 0.3 is 17.1 Å². The van der Waals surface area contributed by atoms with Gasteiger partial charge in [0.15, 0.2) is 0 Å². The van der Waals surface area contributed by atoms with E-state index in [-0.39, 0.29) is 31.9 Å². The van der Waals surface area contributed by atoms with Crippen molar-refractivity contribution in [2.45, 2.75) is 0 Å². The van der Waals surface area contributed by atoms with E-state index in [2.05, 4.69) is 12.6 Å². The van der Waals surface area contributed by atoms with E-state index in [0.717, 1.165) is 0 Å². The SMILES string of the molecule is N#C[S-].[CH3-].[CH3-].[Cu+2]. The van der Waals surface area contributed by atoms with Crippen molar-refractivity contribution >= 4 is 12.6 Å². The second kappa shape index (κ2) is 61.9. The van der Waals surface area contributed by atoms with Gasteiger partial charge in [-0.15, -0.1) is 0 Å². The number of thiocyanates is 1. The molecule has 0 rings (SSSR count). The van der Waals surface area contributed by atoms with Gasteiger partial charge in [0.05, 0.1) is 0 Å². The van der Waals surface area contributed by atoms with E-state index in [4.69, 9.17) is 5.26 Å². The molecule has 0 atom stereocenters. The molecule has 1 radical (unpaired) electrons. The van der Waals surface area contributed by atoms with Crippen LogP contribution >= 0.6 is 0 Å². The molecule has 1 nitrogen and oxygen atoms in total. The molecule has 0 bridgehead atoms. The van der Waals surface area contributed by atoms with Gasteiger partial charge in [-0.05, 0) is 0 Å². The molecule has 0 aromatic carbocycles. The van der Waals surface area contributed by atoms with Crippen LogP contribution in [0.1, 0.15) is 0 Å². The molecule has 0 fully saturated rings. The smallest absolute Gasteiger partial charge is 0.696 e. The van der Waals surface area contributed by atoms with Gasteiger partial charge < -0.3 is 27.5 Å². The molecule has 0 aromatic heterocycles. The fourth-order valence-electron chi connectivity index (χ4n) is 0. The van der Waals surface area contributed by atoms with Crippen molar-refractivity contribution in [3.63, 3.8) is 0 Å². The largest absolute Gasteiger partial charge is 2.00 e. The summed E-state index contributed by atoms with van der Waals surface area (Å²) in [7, 11) is 0. The van der Waals surface area contributed by atoms with Crippen LogP contribution in [0, 0.1) is 25.5 Å². The summed E-state index contributed by atoms with van der Waals surface area (Å²) in [6.45, 7) is 0. The molecule has 41 valence electrons. The zero-order valence-electron chi connectivity index (χ0n) is 3.66. The second-order valence-corrected chi connectivity index (χ2v) is 0.274. The Balaban J connectivity index is -0.00000000667. The monoisotopic (exact) mass is 151 g/mol. The maximum absolute atomic E-state index is 7.13. The Morgan fingerprint density at radius 3 is 1.33 bits per heavy atom. The summed E-state index contributed by atoms with van der Waals surface area (Å²) in [6.07, 6.45) is 0. The van der Waals surface area contributed by atoms with Gasteiger partial charge in [0, 0.05) is 0 Å². The maximum Gasteiger partial charge on any atom is 2.00 e. The molecule has 0 aromatic rings. The molecule has 0 N–H and O–H groups in total. The summed E-state index contributed by atoms with van der Waals surface area (Å²) in [5, 5.41) is 8.47. The van der Waals surface area contributed by atoms with Gasteiger partial charge in [0.25, 0.3) is 0 Å². The summed E-state index contributed by atoms with van der Waals surface area (Å²) in [6, 6.07) is 0. The minimum absolute atomic E-state index is 0. The summed E-state index contributed by atoms with van der Waals surface area (Å²) in [4.78, 5) is 0. The topological polar surface area (TPSA) is 23.8 Å². The fraction of sp³-hybridized carbons (Fsp3) is 0. The Kier molecular flexibility index (Phi) is 354. The van der Waals surface area contributed by atoms with Crippen LogP contribution in [-0.2, 0) is 29.7 Å². The number of hydrogen-bond acceptors (Lipinski definition) is 2. The molecule has 0 spiro atoms. The van der Waals surface area contributed by atoms with E-state index in [1.54, 1.807) is 0 Å². The first-order chi connectivity index (χ1) is 1.41. The molecule has 6 heavy (non-hydrogen) atoms. The van der Waals surface area contributed by atoms with E-state index in [1.165, 1.54) is 5.40 Å². The normalized spacial score (nSPS) is 1.17. The average Bonchev–Trinajstić information content (AvgIpc) is 0.918. The Morgan fingerprint density at radius 2 is 1.33 bits per heavy atom. The van der Waals surface area contributed by atoms with E-state index in [0.29, 0.717) is 0 Å². The molecule has 3 heteroatoms. The van der Waals surface area contributed by atoms with Crippen molar-refractivity contribution in [3.05, 3.63) is 14.9 Å². The number of nitrogens with zero attached hydrogens (tertiary/aromatic N) is 1. The first kappa shape index (κ1) is 34.3. The molecule has 0 unspecified atom stereocenters. The van der Waals surface area contributed by atoms with Gasteiger partial charge in [-0.3, -0.25) is 0 Å². The first-order valence-electron chi connectivity index (χ1n) is 0.428. The molecule has 0 heterocycles. The third-order valence-electron chi connectivity index (χ3n) is 0. The maximum atomic E-state index is 7.13. The minimum Gasteiger partial charge on any atom is -0.696 e. The number of nitriles is 1. The standard InChI is InChI=1S/CHNS.2CH3.Cu/c2-1-3;;;/h3H;2*1H3;/q;2*-1;+2/p-1. The molecule has 0 saturated heterocycles. The van der Waals surface area contributed by atoms with E-state index in [1.807, 2.05) is 0 Å². The second-order valence-electron chi connectivity index (χ2n) is 0.0913. The van der Waals surface area contributed by atoms with Crippen molar-refractivity contribution in [2.24, 2.45) is 0 Å². The molecule has 0 aliphatic rings. The first-order valence-corrected chi connectivity index (χ1v) is 0.836. The predicted molar refractivity (Wildman–Crippen MR) is 25.8 cm³/mol. The molecule has 0 amide bonds. The summed E-state index contributed by atoms with van der Waals surface area (Å²) >= 11 is 3.70. The zero-order chi connectivity index (χ0) is 2.71. The van der Waals surface area contributed by atoms with Crippen LogP contribution in [0.25, 0.3) is 0 Å². The summed E-state index contributed by atoms with van der Waals surface area (Å²) in [5.41, 5.74) is 0. The summed E-state index contributed by atoms with van der Waals surface area (Å²) < 4.78 is 0. The Bertz CT molecular complexity index is 32.3. The van der Waals surface area contributed by atoms with Crippen LogP contribution in [0.2, 0.25) is 0 Å². The quantitative estimate of drug-likeness (QED) is 0.223. The van der Waals surface area contributed by atoms with Crippen LogP contribution in [0.3, 0.4) is 0 Å². The van der Waals surface area contributed by atoms with Crippen LogP contribution < -0.4 is 0 Å². The van der Waals surface area contributed by atoms with Crippen molar-refractivity contribution in [2.75, 3.05) is 0 Å². The van der Waals surface area contributed by atoms with Crippen molar-refractivity contribution in [3.8, 4) is 5.40 Å². The van der Waals surface area contributed by atoms with Gasteiger partial charge in [0.2, 0.25) is 0 Å². The Labute approximate surface area is 55.6 Å². The zero-order valence-corrected chi connectivity index (χ0v) is 5.42. The van der Waals surface area contributed by atoms with Crippen LogP contribution in [0.5, 0.6) is 0 Å². The molecule has 0 aliphatic heterocycles. The van der Waals surface area contributed by atoms with Gasteiger partial charge in [0.1, 0.15) is 0 Å². The van der Waals surface area contributed by atoms with E-state index >= 15 is 0 Å². The van der Waals surface area contributed by atoms with Crippen LogP contribution in [0.4, 0.5) is 0 Å². The minimum atomic E-state index is 0. The third kappa shape index (κ3) is 838. The fourth-order valence-corrected chi connectivity index (χ4v) is 0. The average molecular weight is 152 g/mol. The third-order valence-corrected chi connectivity index (χ3v) is 0. The van der Waals surface area contributed by atoms with Crippen LogP contribution in [0.15, 0.2) is 0 Å². The number of rotatable bonds is 0. The molecular formula is C3H6CuNS-. The van der Waals surface area contributed by atoms with Crippen molar-refractivity contribution in [1.29, 1.82) is 5.26 Å². The molecular weight excluding hydrogens is 146 g/mol. The molecule has 0 aliphatic carbocycles. The van der Waals surface area contributed by atoms with E-state index in [9.17, 15) is 0 Å². The van der Waals surface area contributed by atoms with Crippen LogP contribution in [-0.4, -0.2) is 0 Å². The summed E-state index contributed by atoms with van der Waals surface area (Å²) in [5.74, 6) is 0. The van der Waals surface area contributed by atoms with Gasteiger partial charge in [-0.2, -0.15) is 0 Å². The molecule has 0 saturated carbocycles. The van der Waals surface area contributed by atoms with Crippen molar-refractivity contribution < 1.29 is 17.1 Å². The Hall–Kier alpha value is 0.229. The Morgan fingerprint density at radius 1 is 1.33 bits per heavy atom. The van der Waals surface area contributed by atoms with Crippen molar-refractivity contribution in [1.82, 2.24) is 0 Å². The predicted octanol–water partition coefficient (Wildman–Crippen LogP) is 0.912. The van der Waals surface area contributed by atoms with E-state index < -0.39 is 0 Å².